The lowest BCUT2D eigenvalue weighted by Crippen LogP contribution is -2.01. The predicted molar refractivity (Wildman–Crippen MR) is 46.8 cm³/mol. The lowest BCUT2D eigenvalue weighted by molar-refractivity contribution is 0.686. The normalized spacial score (nSPS) is 10.5. The van der Waals surface area contributed by atoms with Crippen molar-refractivity contribution >= 4 is 0 Å². The first-order valence-electron chi connectivity index (χ1n) is 4.23. The number of rotatable bonds is 2. The molecule has 0 aliphatic rings. The van der Waals surface area contributed by atoms with Crippen molar-refractivity contribution in [3.05, 3.63) is 17.2 Å². The fourth-order valence-corrected chi connectivity index (χ4v) is 1.41. The SMILES string of the molecule is CCc1nc(C)c(C)n1CC. The number of imidazole rings is 1. The molecule has 62 valence electrons. The number of hydrogen-bond acceptors (Lipinski definition) is 1. The van der Waals surface area contributed by atoms with Crippen LogP contribution < -0.4 is 0 Å². The van der Waals surface area contributed by atoms with Crippen LogP contribution in [0.2, 0.25) is 0 Å². The van der Waals surface area contributed by atoms with E-state index in [-0.39, 0.29) is 0 Å². The molecule has 0 atom stereocenters. The second-order valence-electron chi connectivity index (χ2n) is 2.80. The quantitative estimate of drug-likeness (QED) is 0.634. The summed E-state index contributed by atoms with van der Waals surface area (Å²) in [6, 6.07) is 0. The maximum Gasteiger partial charge on any atom is 0.108 e. The molecule has 0 N–H and O–H groups in total. The van der Waals surface area contributed by atoms with E-state index in [4.69, 9.17) is 0 Å². The summed E-state index contributed by atoms with van der Waals surface area (Å²) in [5.74, 6) is 1.21. The minimum Gasteiger partial charge on any atom is -0.332 e. The van der Waals surface area contributed by atoms with E-state index in [2.05, 4.69) is 37.2 Å². The van der Waals surface area contributed by atoms with Gasteiger partial charge in [0.1, 0.15) is 5.82 Å². The minimum absolute atomic E-state index is 1.03. The molecule has 0 spiro atoms. The summed E-state index contributed by atoms with van der Waals surface area (Å²) in [6.07, 6.45) is 1.03. The van der Waals surface area contributed by atoms with Crippen LogP contribution in [0.15, 0.2) is 0 Å². The molecule has 1 aromatic heterocycles. The van der Waals surface area contributed by atoms with Crippen LogP contribution in [0.4, 0.5) is 0 Å². The Hall–Kier alpha value is -0.790. The van der Waals surface area contributed by atoms with Gasteiger partial charge >= 0.3 is 0 Å². The highest BCUT2D eigenvalue weighted by Gasteiger charge is 2.06. The van der Waals surface area contributed by atoms with Gasteiger partial charge in [-0.15, -0.1) is 0 Å². The van der Waals surface area contributed by atoms with E-state index in [0.717, 1.165) is 13.0 Å². The van der Waals surface area contributed by atoms with E-state index in [1.54, 1.807) is 0 Å². The lowest BCUT2D eigenvalue weighted by atomic mass is 10.4. The van der Waals surface area contributed by atoms with Gasteiger partial charge in [-0.3, -0.25) is 0 Å². The third-order valence-electron chi connectivity index (χ3n) is 2.17. The first kappa shape index (κ1) is 8.31. The monoisotopic (exact) mass is 152 g/mol. The van der Waals surface area contributed by atoms with Crippen LogP contribution in [-0.4, -0.2) is 9.55 Å². The molecular formula is C9H16N2. The Kier molecular flexibility index (Phi) is 2.32. The maximum absolute atomic E-state index is 4.46. The molecule has 0 unspecified atom stereocenters. The van der Waals surface area contributed by atoms with E-state index >= 15 is 0 Å². The van der Waals surface area contributed by atoms with Gasteiger partial charge < -0.3 is 4.57 Å². The number of aryl methyl sites for hydroxylation is 2. The van der Waals surface area contributed by atoms with Crippen LogP contribution in [-0.2, 0) is 13.0 Å². The molecule has 0 fully saturated rings. The Morgan fingerprint density at radius 2 is 1.91 bits per heavy atom. The highest BCUT2D eigenvalue weighted by molar-refractivity contribution is 5.13. The molecule has 0 radical (unpaired) electrons. The van der Waals surface area contributed by atoms with Crippen molar-refractivity contribution in [2.24, 2.45) is 0 Å². The average Bonchev–Trinajstić information content (AvgIpc) is 2.28. The molecule has 0 aliphatic carbocycles. The van der Waals surface area contributed by atoms with E-state index in [1.165, 1.54) is 17.2 Å². The standard InChI is InChI=1S/C9H16N2/c1-5-9-10-7(3)8(4)11(9)6-2/h5-6H2,1-4H3. The van der Waals surface area contributed by atoms with Crippen molar-refractivity contribution in [3.63, 3.8) is 0 Å². The van der Waals surface area contributed by atoms with Gasteiger partial charge in [-0.25, -0.2) is 4.98 Å². The van der Waals surface area contributed by atoms with Crippen molar-refractivity contribution < 1.29 is 0 Å². The molecule has 0 aliphatic heterocycles. The van der Waals surface area contributed by atoms with Crippen molar-refractivity contribution in [2.45, 2.75) is 40.7 Å². The zero-order valence-corrected chi connectivity index (χ0v) is 7.81. The fraction of sp³-hybridized carbons (Fsp3) is 0.667. The Morgan fingerprint density at radius 3 is 2.27 bits per heavy atom. The molecule has 1 rings (SSSR count). The van der Waals surface area contributed by atoms with E-state index in [0.29, 0.717) is 0 Å². The van der Waals surface area contributed by atoms with Crippen LogP contribution >= 0.6 is 0 Å². The van der Waals surface area contributed by atoms with E-state index in [1.807, 2.05) is 0 Å². The maximum atomic E-state index is 4.46. The van der Waals surface area contributed by atoms with Gasteiger partial charge in [0.05, 0.1) is 5.69 Å². The number of nitrogens with zero attached hydrogens (tertiary/aromatic N) is 2. The van der Waals surface area contributed by atoms with Gasteiger partial charge in [-0.2, -0.15) is 0 Å². The lowest BCUT2D eigenvalue weighted by Gasteiger charge is -2.03. The molecule has 0 amide bonds. The number of hydrogen-bond donors (Lipinski definition) is 0. The van der Waals surface area contributed by atoms with Gasteiger partial charge in [0, 0.05) is 18.7 Å². The van der Waals surface area contributed by atoms with E-state index < -0.39 is 0 Å². The van der Waals surface area contributed by atoms with Crippen molar-refractivity contribution in [1.29, 1.82) is 0 Å². The van der Waals surface area contributed by atoms with Crippen molar-refractivity contribution in [1.82, 2.24) is 9.55 Å². The third-order valence-corrected chi connectivity index (χ3v) is 2.17. The van der Waals surface area contributed by atoms with E-state index in [9.17, 15) is 0 Å². The molecule has 0 bridgehead atoms. The second kappa shape index (κ2) is 3.07. The molecule has 0 saturated carbocycles. The molecule has 0 aromatic carbocycles. The predicted octanol–water partition coefficient (Wildman–Crippen LogP) is 2.08. The minimum atomic E-state index is 1.03. The topological polar surface area (TPSA) is 17.8 Å². The molecule has 11 heavy (non-hydrogen) atoms. The second-order valence-corrected chi connectivity index (χ2v) is 2.80. The molecule has 2 heteroatoms. The smallest absolute Gasteiger partial charge is 0.108 e. The molecule has 0 saturated heterocycles. The summed E-state index contributed by atoms with van der Waals surface area (Å²) >= 11 is 0. The summed E-state index contributed by atoms with van der Waals surface area (Å²) in [7, 11) is 0. The largest absolute Gasteiger partial charge is 0.332 e. The highest BCUT2D eigenvalue weighted by Crippen LogP contribution is 2.09. The van der Waals surface area contributed by atoms with Gasteiger partial charge in [0.2, 0.25) is 0 Å². The number of aromatic nitrogens is 2. The fourth-order valence-electron chi connectivity index (χ4n) is 1.41. The van der Waals surface area contributed by atoms with Gasteiger partial charge in [-0.1, -0.05) is 6.92 Å². The first-order valence-corrected chi connectivity index (χ1v) is 4.23. The van der Waals surface area contributed by atoms with Crippen molar-refractivity contribution in [2.75, 3.05) is 0 Å². The zero-order chi connectivity index (χ0) is 8.43. The van der Waals surface area contributed by atoms with Gasteiger partial charge in [0.25, 0.3) is 0 Å². The Labute approximate surface area is 68.3 Å². The summed E-state index contributed by atoms with van der Waals surface area (Å²) in [5, 5.41) is 0. The Balaban J connectivity index is 3.15. The van der Waals surface area contributed by atoms with Gasteiger partial charge in [-0.05, 0) is 20.8 Å². The average molecular weight is 152 g/mol. The zero-order valence-electron chi connectivity index (χ0n) is 7.81. The molecule has 1 aromatic rings. The summed E-state index contributed by atoms with van der Waals surface area (Å²) < 4.78 is 2.27. The molecular weight excluding hydrogens is 136 g/mol. The Bertz CT molecular complexity index is 248. The third kappa shape index (κ3) is 1.30. The van der Waals surface area contributed by atoms with Crippen LogP contribution in [0.25, 0.3) is 0 Å². The van der Waals surface area contributed by atoms with Gasteiger partial charge in [0.15, 0.2) is 0 Å². The van der Waals surface area contributed by atoms with Crippen molar-refractivity contribution in [3.8, 4) is 0 Å². The summed E-state index contributed by atoms with van der Waals surface area (Å²) in [6.45, 7) is 9.54. The highest BCUT2D eigenvalue weighted by atomic mass is 15.1. The molecule has 1 heterocycles. The van der Waals surface area contributed by atoms with Crippen LogP contribution in [0.5, 0.6) is 0 Å². The summed E-state index contributed by atoms with van der Waals surface area (Å²) in [5.41, 5.74) is 2.48. The van der Waals surface area contributed by atoms with Crippen LogP contribution in [0.3, 0.4) is 0 Å². The van der Waals surface area contributed by atoms with Crippen LogP contribution in [0, 0.1) is 13.8 Å². The summed E-state index contributed by atoms with van der Waals surface area (Å²) in [4.78, 5) is 4.46. The molecule has 2 nitrogen and oxygen atoms in total. The Morgan fingerprint density at radius 1 is 1.27 bits per heavy atom. The first-order chi connectivity index (χ1) is 5.20. The van der Waals surface area contributed by atoms with Crippen LogP contribution in [0.1, 0.15) is 31.1 Å².